The first kappa shape index (κ1) is 10.9. The quantitative estimate of drug-likeness (QED) is 0.564. The highest BCUT2D eigenvalue weighted by Crippen LogP contribution is 2.16. The Morgan fingerprint density at radius 3 is 2.93 bits per heavy atom. The van der Waals surface area contributed by atoms with E-state index >= 15 is 0 Å². The van der Waals surface area contributed by atoms with Gasteiger partial charge in [0.25, 0.3) is 0 Å². The van der Waals surface area contributed by atoms with Gasteiger partial charge in [-0.15, -0.1) is 0 Å². The van der Waals surface area contributed by atoms with Crippen molar-refractivity contribution in [2.75, 3.05) is 6.61 Å². The van der Waals surface area contributed by atoms with Crippen molar-refractivity contribution < 1.29 is 13.9 Å². The first-order valence-corrected chi connectivity index (χ1v) is 4.43. The molecule has 0 aliphatic rings. The number of carbonyl (C=O) groups is 1. The number of hydrogen-bond donors (Lipinski definition) is 0. The second-order valence-electron chi connectivity index (χ2n) is 2.61. The molecular weight excluding hydrogens is 209 g/mol. The Bertz CT molecular complexity index is 368. The minimum atomic E-state index is -0.722. The molecule has 0 aliphatic carbocycles. The lowest BCUT2D eigenvalue weighted by Gasteiger charge is -2.05. The number of carbonyl (C=O) groups excluding carboxylic acids is 1. The molecule has 0 N–H and O–H groups in total. The van der Waals surface area contributed by atoms with Gasteiger partial charge in [0.15, 0.2) is 11.0 Å². The summed E-state index contributed by atoms with van der Waals surface area (Å²) in [5.41, 5.74) is 0.462. The normalized spacial score (nSPS) is 10.0. The Kier molecular flexibility index (Phi) is 3.41. The Labute approximate surface area is 85.9 Å². The number of hydrogen-bond acceptors (Lipinski definition) is 3. The van der Waals surface area contributed by atoms with Crippen molar-refractivity contribution in [2.24, 2.45) is 0 Å². The van der Waals surface area contributed by atoms with E-state index in [4.69, 9.17) is 16.3 Å². The standard InChI is InChI=1S/C9H9ClFNO2/c1-3-14-9(13)6-4-7(11)8(10)12-5(6)2/h4H,3H2,1-2H3. The monoisotopic (exact) mass is 217 g/mol. The predicted octanol–water partition coefficient (Wildman–Crippen LogP) is 2.36. The number of pyridine rings is 1. The van der Waals surface area contributed by atoms with Crippen LogP contribution >= 0.6 is 11.6 Å². The van der Waals surface area contributed by atoms with Gasteiger partial charge in [-0.25, -0.2) is 14.2 Å². The molecule has 0 unspecified atom stereocenters. The van der Waals surface area contributed by atoms with Crippen LogP contribution in [0, 0.1) is 12.7 Å². The van der Waals surface area contributed by atoms with Crippen molar-refractivity contribution in [3.8, 4) is 0 Å². The summed E-state index contributed by atoms with van der Waals surface area (Å²) >= 11 is 5.43. The van der Waals surface area contributed by atoms with Crippen LogP contribution in [0.1, 0.15) is 23.0 Å². The molecule has 0 atom stereocenters. The summed E-state index contributed by atoms with van der Waals surface area (Å²) in [6, 6.07) is 1.03. The maximum Gasteiger partial charge on any atom is 0.340 e. The summed E-state index contributed by atoms with van der Waals surface area (Å²) in [6.45, 7) is 3.48. The predicted molar refractivity (Wildman–Crippen MR) is 49.9 cm³/mol. The van der Waals surface area contributed by atoms with Gasteiger partial charge in [0, 0.05) is 0 Å². The molecule has 0 radical (unpaired) electrons. The van der Waals surface area contributed by atoms with Gasteiger partial charge in [0.05, 0.1) is 17.9 Å². The van der Waals surface area contributed by atoms with Gasteiger partial charge in [-0.1, -0.05) is 11.6 Å². The molecule has 14 heavy (non-hydrogen) atoms. The van der Waals surface area contributed by atoms with E-state index in [1.54, 1.807) is 13.8 Å². The van der Waals surface area contributed by atoms with Crippen molar-refractivity contribution >= 4 is 17.6 Å². The average Bonchev–Trinajstić information content (AvgIpc) is 2.11. The highest BCUT2D eigenvalue weighted by Gasteiger charge is 2.14. The minimum Gasteiger partial charge on any atom is -0.462 e. The molecule has 3 nitrogen and oxygen atoms in total. The van der Waals surface area contributed by atoms with E-state index in [-0.39, 0.29) is 17.3 Å². The molecule has 0 saturated heterocycles. The Balaban J connectivity index is 3.09. The highest BCUT2D eigenvalue weighted by molar-refractivity contribution is 6.29. The molecule has 0 aliphatic heterocycles. The van der Waals surface area contributed by atoms with Gasteiger partial charge in [-0.3, -0.25) is 0 Å². The van der Waals surface area contributed by atoms with E-state index in [1.165, 1.54) is 0 Å². The van der Waals surface area contributed by atoms with Crippen LogP contribution in [0.25, 0.3) is 0 Å². The second-order valence-corrected chi connectivity index (χ2v) is 2.97. The maximum absolute atomic E-state index is 13.0. The minimum absolute atomic E-state index is 0.105. The highest BCUT2D eigenvalue weighted by atomic mass is 35.5. The van der Waals surface area contributed by atoms with Crippen molar-refractivity contribution in [3.63, 3.8) is 0 Å². The number of aromatic nitrogens is 1. The van der Waals surface area contributed by atoms with E-state index in [0.717, 1.165) is 6.07 Å². The van der Waals surface area contributed by atoms with E-state index in [2.05, 4.69) is 4.98 Å². The van der Waals surface area contributed by atoms with Crippen LogP contribution in [-0.2, 0) is 4.74 Å². The average molecular weight is 218 g/mol. The van der Waals surface area contributed by atoms with Gasteiger partial charge < -0.3 is 4.74 Å². The lowest BCUT2D eigenvalue weighted by molar-refractivity contribution is 0.0524. The summed E-state index contributed by atoms with van der Waals surface area (Å²) in [4.78, 5) is 14.9. The third-order valence-electron chi connectivity index (χ3n) is 1.62. The van der Waals surface area contributed by atoms with E-state index < -0.39 is 11.8 Å². The van der Waals surface area contributed by atoms with Gasteiger partial charge >= 0.3 is 5.97 Å². The van der Waals surface area contributed by atoms with E-state index in [0.29, 0.717) is 5.69 Å². The summed E-state index contributed by atoms with van der Waals surface area (Å²) in [5.74, 6) is -1.31. The number of halogens is 2. The largest absolute Gasteiger partial charge is 0.462 e. The van der Waals surface area contributed by atoms with E-state index in [1.807, 2.05) is 0 Å². The molecule has 1 aromatic heterocycles. The van der Waals surface area contributed by atoms with Gasteiger partial charge in [-0.2, -0.15) is 0 Å². The molecule has 1 aromatic rings. The van der Waals surface area contributed by atoms with Crippen LogP contribution in [0.2, 0.25) is 5.15 Å². The Morgan fingerprint density at radius 1 is 1.71 bits per heavy atom. The van der Waals surface area contributed by atoms with Crippen molar-refractivity contribution in [3.05, 3.63) is 28.3 Å². The Morgan fingerprint density at radius 2 is 2.36 bits per heavy atom. The fourth-order valence-corrected chi connectivity index (χ4v) is 1.15. The number of rotatable bonds is 2. The zero-order valence-electron chi connectivity index (χ0n) is 7.80. The Hall–Kier alpha value is -1.16. The van der Waals surface area contributed by atoms with Crippen LogP contribution in [0.5, 0.6) is 0 Å². The van der Waals surface area contributed by atoms with Gasteiger partial charge in [-0.05, 0) is 19.9 Å². The molecule has 0 bridgehead atoms. The zero-order valence-corrected chi connectivity index (χ0v) is 8.56. The zero-order chi connectivity index (χ0) is 10.7. The molecule has 1 rings (SSSR count). The fraction of sp³-hybridized carbons (Fsp3) is 0.333. The molecular formula is C9H9ClFNO2. The van der Waals surface area contributed by atoms with Crippen LogP contribution in [0.4, 0.5) is 4.39 Å². The molecule has 1 heterocycles. The lowest BCUT2D eigenvalue weighted by Crippen LogP contribution is -2.08. The first-order chi connectivity index (χ1) is 6.56. The maximum atomic E-state index is 13.0. The summed E-state index contributed by atoms with van der Waals surface area (Å²) in [5, 5.41) is -0.240. The summed E-state index contributed by atoms with van der Waals surface area (Å²) < 4.78 is 17.7. The molecule has 0 aromatic carbocycles. The molecule has 76 valence electrons. The number of ether oxygens (including phenoxy) is 1. The molecule has 5 heteroatoms. The van der Waals surface area contributed by atoms with Crippen molar-refractivity contribution in [1.82, 2.24) is 4.98 Å². The molecule has 0 fully saturated rings. The third-order valence-corrected chi connectivity index (χ3v) is 1.88. The topological polar surface area (TPSA) is 39.2 Å². The lowest BCUT2D eigenvalue weighted by atomic mass is 10.2. The van der Waals surface area contributed by atoms with Crippen molar-refractivity contribution in [2.45, 2.75) is 13.8 Å². The fourth-order valence-electron chi connectivity index (χ4n) is 0.967. The van der Waals surface area contributed by atoms with Crippen molar-refractivity contribution in [1.29, 1.82) is 0 Å². The number of esters is 1. The number of aryl methyl sites for hydroxylation is 1. The van der Waals surface area contributed by atoms with Crippen LogP contribution in [-0.4, -0.2) is 17.6 Å². The smallest absolute Gasteiger partial charge is 0.340 e. The van der Waals surface area contributed by atoms with E-state index in [9.17, 15) is 9.18 Å². The van der Waals surface area contributed by atoms with Crippen LogP contribution in [0.15, 0.2) is 6.07 Å². The van der Waals surface area contributed by atoms with Gasteiger partial charge in [0.2, 0.25) is 0 Å². The SMILES string of the molecule is CCOC(=O)c1cc(F)c(Cl)nc1C. The third kappa shape index (κ3) is 2.20. The summed E-state index contributed by atoms with van der Waals surface area (Å²) in [7, 11) is 0. The molecule has 0 amide bonds. The van der Waals surface area contributed by atoms with Crippen LogP contribution < -0.4 is 0 Å². The summed E-state index contributed by atoms with van der Waals surface area (Å²) in [6.07, 6.45) is 0. The van der Waals surface area contributed by atoms with Crippen LogP contribution in [0.3, 0.4) is 0 Å². The molecule has 0 saturated carbocycles. The second kappa shape index (κ2) is 4.37. The number of nitrogens with zero attached hydrogens (tertiary/aromatic N) is 1. The van der Waals surface area contributed by atoms with Gasteiger partial charge in [0.1, 0.15) is 0 Å². The molecule has 0 spiro atoms. The first-order valence-electron chi connectivity index (χ1n) is 4.06.